The van der Waals surface area contributed by atoms with E-state index in [9.17, 15) is 9.59 Å². The van der Waals surface area contributed by atoms with E-state index in [1.54, 1.807) is 17.9 Å². The zero-order valence-corrected chi connectivity index (χ0v) is 15.1. The molecular formula is C20H24N4O2. The highest BCUT2D eigenvalue weighted by atomic mass is 16.2. The van der Waals surface area contributed by atoms with Gasteiger partial charge in [-0.05, 0) is 50.3 Å². The van der Waals surface area contributed by atoms with E-state index in [1.807, 2.05) is 37.3 Å². The van der Waals surface area contributed by atoms with Crippen LogP contribution in [0.3, 0.4) is 0 Å². The normalized spacial score (nSPS) is 19.8. The van der Waals surface area contributed by atoms with Crippen LogP contribution in [0.5, 0.6) is 0 Å². The first kappa shape index (κ1) is 17.9. The number of aromatic nitrogens is 1. The summed E-state index contributed by atoms with van der Waals surface area (Å²) in [6.45, 7) is 3.80. The molecule has 6 nitrogen and oxygen atoms in total. The summed E-state index contributed by atoms with van der Waals surface area (Å²) in [6.07, 6.45) is 4.25. The number of carbonyl (C=O) groups is 2. The second-order valence-corrected chi connectivity index (χ2v) is 6.80. The van der Waals surface area contributed by atoms with Crippen molar-refractivity contribution in [2.75, 3.05) is 11.1 Å². The number of nitrogens with one attached hydrogen (secondary N) is 1. The first-order chi connectivity index (χ1) is 12.5. The number of benzene rings is 1. The Morgan fingerprint density at radius 3 is 2.65 bits per heavy atom. The van der Waals surface area contributed by atoms with Crippen LogP contribution >= 0.6 is 0 Å². The fraction of sp³-hybridized carbons (Fsp3) is 0.350. The molecule has 1 aliphatic heterocycles. The summed E-state index contributed by atoms with van der Waals surface area (Å²) >= 11 is 0. The number of aryl methyl sites for hydroxylation is 1. The largest absolute Gasteiger partial charge is 0.383 e. The van der Waals surface area contributed by atoms with Crippen LogP contribution in [0.2, 0.25) is 0 Å². The van der Waals surface area contributed by atoms with Crippen molar-refractivity contribution < 1.29 is 9.59 Å². The molecule has 0 unspecified atom stereocenters. The van der Waals surface area contributed by atoms with Crippen LogP contribution in [-0.4, -0.2) is 27.7 Å². The average molecular weight is 352 g/mol. The Labute approximate surface area is 153 Å². The molecule has 6 heteroatoms. The molecule has 0 aliphatic carbocycles. The molecule has 0 bridgehead atoms. The molecule has 136 valence electrons. The molecule has 0 spiro atoms. The predicted octanol–water partition coefficient (Wildman–Crippen LogP) is 3.05. The van der Waals surface area contributed by atoms with Crippen LogP contribution in [-0.2, 0) is 9.59 Å². The average Bonchev–Trinajstić information content (AvgIpc) is 2.64. The SMILES string of the molecule is Cc1cc(NC(=O)C(=O)N2[C@@H](C)CCC[C@H]2c2ccccc2)cnc1N. The van der Waals surface area contributed by atoms with E-state index in [0.717, 1.165) is 30.4 Å². The topological polar surface area (TPSA) is 88.3 Å². The highest BCUT2D eigenvalue weighted by molar-refractivity contribution is 6.39. The number of pyridine rings is 1. The number of nitrogens with zero attached hydrogens (tertiary/aromatic N) is 2. The van der Waals surface area contributed by atoms with E-state index < -0.39 is 11.8 Å². The third-order valence-corrected chi connectivity index (χ3v) is 4.90. The van der Waals surface area contributed by atoms with Gasteiger partial charge in [0.25, 0.3) is 0 Å². The number of amides is 2. The van der Waals surface area contributed by atoms with Gasteiger partial charge in [-0.1, -0.05) is 30.3 Å². The summed E-state index contributed by atoms with van der Waals surface area (Å²) in [5.41, 5.74) is 7.98. The van der Waals surface area contributed by atoms with Crippen LogP contribution in [0.4, 0.5) is 11.5 Å². The number of hydrogen-bond donors (Lipinski definition) is 2. The molecule has 3 rings (SSSR count). The van der Waals surface area contributed by atoms with Gasteiger partial charge in [0, 0.05) is 6.04 Å². The van der Waals surface area contributed by atoms with Crippen LogP contribution in [0.15, 0.2) is 42.6 Å². The van der Waals surface area contributed by atoms with Gasteiger partial charge in [0.05, 0.1) is 17.9 Å². The van der Waals surface area contributed by atoms with Gasteiger partial charge < -0.3 is 16.0 Å². The first-order valence-electron chi connectivity index (χ1n) is 8.88. The molecule has 1 aromatic carbocycles. The lowest BCUT2D eigenvalue weighted by Gasteiger charge is -2.40. The molecule has 0 saturated carbocycles. The van der Waals surface area contributed by atoms with E-state index in [4.69, 9.17) is 5.73 Å². The van der Waals surface area contributed by atoms with Crippen molar-refractivity contribution in [2.45, 2.75) is 45.2 Å². The monoisotopic (exact) mass is 352 g/mol. The predicted molar refractivity (Wildman–Crippen MR) is 101 cm³/mol. The number of nitrogen functional groups attached to an aromatic ring is 1. The number of piperidine rings is 1. The number of rotatable bonds is 2. The molecule has 2 heterocycles. The van der Waals surface area contributed by atoms with Crippen LogP contribution in [0.1, 0.15) is 43.4 Å². The second-order valence-electron chi connectivity index (χ2n) is 6.80. The van der Waals surface area contributed by atoms with Crippen molar-refractivity contribution >= 4 is 23.3 Å². The van der Waals surface area contributed by atoms with Crippen molar-refractivity contribution in [3.8, 4) is 0 Å². The highest BCUT2D eigenvalue weighted by Crippen LogP contribution is 2.34. The molecule has 1 saturated heterocycles. The number of nitrogens with two attached hydrogens (primary N) is 1. The minimum absolute atomic E-state index is 0.0125. The Bertz CT molecular complexity index is 807. The van der Waals surface area contributed by atoms with Gasteiger partial charge in [-0.15, -0.1) is 0 Å². The summed E-state index contributed by atoms with van der Waals surface area (Å²) < 4.78 is 0. The van der Waals surface area contributed by atoms with Crippen molar-refractivity contribution in [1.29, 1.82) is 0 Å². The van der Waals surface area contributed by atoms with E-state index in [0.29, 0.717) is 11.5 Å². The molecule has 2 aromatic rings. The maximum absolute atomic E-state index is 12.9. The van der Waals surface area contributed by atoms with Gasteiger partial charge in [-0.25, -0.2) is 4.98 Å². The molecule has 1 fully saturated rings. The summed E-state index contributed by atoms with van der Waals surface area (Å²) in [5, 5.41) is 2.65. The third-order valence-electron chi connectivity index (χ3n) is 4.90. The molecule has 2 amide bonds. The number of carbonyl (C=O) groups excluding carboxylic acids is 2. The van der Waals surface area contributed by atoms with Crippen molar-refractivity contribution in [1.82, 2.24) is 9.88 Å². The maximum Gasteiger partial charge on any atom is 0.313 e. The Balaban J connectivity index is 1.80. The Kier molecular flexibility index (Phi) is 5.21. The molecule has 1 aliphatic rings. The third kappa shape index (κ3) is 3.69. The van der Waals surface area contributed by atoms with E-state index in [1.165, 1.54) is 6.20 Å². The molecule has 2 atom stereocenters. The minimum Gasteiger partial charge on any atom is -0.383 e. The van der Waals surface area contributed by atoms with Gasteiger partial charge in [-0.3, -0.25) is 9.59 Å². The van der Waals surface area contributed by atoms with E-state index in [2.05, 4.69) is 10.3 Å². The van der Waals surface area contributed by atoms with Gasteiger partial charge in [0.1, 0.15) is 5.82 Å². The van der Waals surface area contributed by atoms with Crippen LogP contribution in [0.25, 0.3) is 0 Å². The van der Waals surface area contributed by atoms with Gasteiger partial charge >= 0.3 is 11.8 Å². The number of anilines is 2. The summed E-state index contributed by atoms with van der Waals surface area (Å²) in [5.74, 6) is -0.755. The summed E-state index contributed by atoms with van der Waals surface area (Å²) in [4.78, 5) is 31.2. The van der Waals surface area contributed by atoms with Crippen molar-refractivity contribution in [2.24, 2.45) is 0 Å². The Hall–Kier alpha value is -2.89. The van der Waals surface area contributed by atoms with Gasteiger partial charge in [0.2, 0.25) is 0 Å². The molecule has 0 radical (unpaired) electrons. The quantitative estimate of drug-likeness (QED) is 0.813. The molecule has 3 N–H and O–H groups in total. The molecule has 1 aromatic heterocycles. The zero-order valence-electron chi connectivity index (χ0n) is 15.1. The first-order valence-corrected chi connectivity index (χ1v) is 8.88. The van der Waals surface area contributed by atoms with E-state index >= 15 is 0 Å². The lowest BCUT2D eigenvalue weighted by Crippen LogP contribution is -2.48. The molecule has 26 heavy (non-hydrogen) atoms. The minimum atomic E-state index is -0.648. The summed E-state index contributed by atoms with van der Waals surface area (Å²) in [6, 6.07) is 11.5. The summed E-state index contributed by atoms with van der Waals surface area (Å²) in [7, 11) is 0. The van der Waals surface area contributed by atoms with Crippen LogP contribution < -0.4 is 11.1 Å². The Morgan fingerprint density at radius 2 is 1.96 bits per heavy atom. The second kappa shape index (κ2) is 7.56. The van der Waals surface area contributed by atoms with Crippen molar-refractivity contribution in [3.05, 3.63) is 53.7 Å². The maximum atomic E-state index is 12.9. The fourth-order valence-corrected chi connectivity index (χ4v) is 3.49. The number of hydrogen-bond acceptors (Lipinski definition) is 4. The zero-order chi connectivity index (χ0) is 18.7. The Morgan fingerprint density at radius 1 is 1.23 bits per heavy atom. The lowest BCUT2D eigenvalue weighted by molar-refractivity contribution is -0.148. The smallest absolute Gasteiger partial charge is 0.313 e. The fourth-order valence-electron chi connectivity index (χ4n) is 3.49. The van der Waals surface area contributed by atoms with E-state index in [-0.39, 0.29) is 12.1 Å². The van der Waals surface area contributed by atoms with Crippen LogP contribution in [0, 0.1) is 6.92 Å². The van der Waals surface area contributed by atoms with Gasteiger partial charge in [0.15, 0.2) is 0 Å². The standard InChI is InChI=1S/C20H24N4O2/c1-13-11-16(12-22-18(13)21)23-19(25)20(26)24-14(2)7-6-10-17(24)15-8-4-3-5-9-15/h3-5,8-9,11-12,14,17H,6-7,10H2,1-2H3,(H2,21,22)(H,23,25)/t14-,17-/m0/s1. The lowest BCUT2D eigenvalue weighted by atomic mass is 9.91. The number of likely N-dealkylation sites (tertiary alicyclic amines) is 1. The van der Waals surface area contributed by atoms with Gasteiger partial charge in [-0.2, -0.15) is 0 Å². The highest BCUT2D eigenvalue weighted by Gasteiger charge is 2.35. The molecular weight excluding hydrogens is 328 g/mol. The van der Waals surface area contributed by atoms with Crippen molar-refractivity contribution in [3.63, 3.8) is 0 Å².